The summed E-state index contributed by atoms with van der Waals surface area (Å²) in [7, 11) is 4.10. The van der Waals surface area contributed by atoms with Gasteiger partial charge in [0.15, 0.2) is 0 Å². The van der Waals surface area contributed by atoms with Crippen LogP contribution >= 0.6 is 23.2 Å². The Balaban J connectivity index is 1.93. The van der Waals surface area contributed by atoms with Gasteiger partial charge in [0.05, 0.1) is 13.2 Å². The van der Waals surface area contributed by atoms with Gasteiger partial charge in [-0.2, -0.15) is 0 Å². The highest BCUT2D eigenvalue weighted by atomic mass is 35.5. The van der Waals surface area contributed by atoms with Gasteiger partial charge in [0.25, 0.3) is 5.56 Å². The number of ether oxygens (including phenoxy) is 1. The Labute approximate surface area is 152 Å². The topological polar surface area (TPSA) is 34.5 Å². The molecule has 0 aliphatic carbocycles. The molecule has 2 aromatic rings. The zero-order valence-electron chi connectivity index (χ0n) is 14.0. The molecule has 130 valence electrons. The van der Waals surface area contributed by atoms with Crippen molar-refractivity contribution < 1.29 is 4.74 Å². The molecule has 0 bridgehead atoms. The van der Waals surface area contributed by atoms with Crippen LogP contribution in [0.25, 0.3) is 0 Å². The molecule has 4 nitrogen and oxygen atoms in total. The fraction of sp³-hybridized carbons (Fsp3) is 0.389. The van der Waals surface area contributed by atoms with E-state index in [0.29, 0.717) is 28.9 Å². The minimum absolute atomic E-state index is 0.119. The highest BCUT2D eigenvalue weighted by Crippen LogP contribution is 2.21. The first-order valence-electron chi connectivity index (χ1n) is 7.87. The largest absolute Gasteiger partial charge is 0.493 e. The maximum atomic E-state index is 12.2. The Kier molecular flexibility index (Phi) is 7.16. The first-order valence-corrected chi connectivity index (χ1v) is 8.63. The molecule has 0 N–H and O–H groups in total. The van der Waals surface area contributed by atoms with Gasteiger partial charge in [0.2, 0.25) is 0 Å². The van der Waals surface area contributed by atoms with Gasteiger partial charge < -0.3 is 14.2 Å². The van der Waals surface area contributed by atoms with Crippen LogP contribution in [-0.4, -0.2) is 36.7 Å². The lowest BCUT2D eigenvalue weighted by molar-refractivity contribution is 0.292. The summed E-state index contributed by atoms with van der Waals surface area (Å²) in [5, 5.41) is 1.13. The van der Waals surface area contributed by atoms with Crippen LogP contribution in [0.5, 0.6) is 5.75 Å². The van der Waals surface area contributed by atoms with Crippen LogP contribution in [0, 0.1) is 0 Å². The average Bonchev–Trinajstić information content (AvgIpc) is 2.51. The highest BCUT2D eigenvalue weighted by molar-refractivity contribution is 6.35. The number of nitrogens with zero attached hydrogens (tertiary/aromatic N) is 2. The molecule has 0 spiro atoms. The molecule has 1 aromatic carbocycles. The number of hydrogen-bond acceptors (Lipinski definition) is 3. The van der Waals surface area contributed by atoms with Gasteiger partial charge in [0, 0.05) is 22.3 Å². The second-order valence-electron chi connectivity index (χ2n) is 5.92. The monoisotopic (exact) mass is 368 g/mol. The number of unbranched alkanes of at least 4 members (excludes halogenated alkanes) is 1. The second-order valence-corrected chi connectivity index (χ2v) is 6.77. The van der Waals surface area contributed by atoms with Crippen molar-refractivity contribution in [2.75, 3.05) is 27.2 Å². The first kappa shape index (κ1) is 18.8. The SMILES string of the molecule is CN(C)CCCCOc1ccn(Cc2ccc(Cl)cc2Cl)c(=O)c1. The molecular weight excluding hydrogens is 347 g/mol. The molecule has 1 heterocycles. The lowest BCUT2D eigenvalue weighted by atomic mass is 10.2. The minimum atomic E-state index is -0.119. The molecule has 0 saturated carbocycles. The minimum Gasteiger partial charge on any atom is -0.493 e. The zero-order chi connectivity index (χ0) is 17.5. The van der Waals surface area contributed by atoms with Crippen molar-refractivity contribution in [3.8, 4) is 5.75 Å². The highest BCUT2D eigenvalue weighted by Gasteiger charge is 2.05. The van der Waals surface area contributed by atoms with Crippen molar-refractivity contribution in [3.63, 3.8) is 0 Å². The van der Waals surface area contributed by atoms with Crippen molar-refractivity contribution in [2.24, 2.45) is 0 Å². The number of rotatable bonds is 8. The van der Waals surface area contributed by atoms with Gasteiger partial charge in [-0.05, 0) is 57.2 Å². The van der Waals surface area contributed by atoms with Crippen molar-refractivity contribution in [1.82, 2.24) is 9.47 Å². The number of hydrogen-bond donors (Lipinski definition) is 0. The fourth-order valence-corrected chi connectivity index (χ4v) is 2.73. The third-order valence-corrected chi connectivity index (χ3v) is 4.18. The molecule has 0 aliphatic heterocycles. The summed E-state index contributed by atoms with van der Waals surface area (Å²) in [5.74, 6) is 0.600. The van der Waals surface area contributed by atoms with Crippen LogP contribution in [0.1, 0.15) is 18.4 Å². The third-order valence-electron chi connectivity index (χ3n) is 3.59. The molecule has 24 heavy (non-hydrogen) atoms. The Hall–Kier alpha value is -1.49. The maximum absolute atomic E-state index is 12.2. The van der Waals surface area contributed by atoms with Gasteiger partial charge in [-0.15, -0.1) is 0 Å². The number of pyridine rings is 1. The zero-order valence-corrected chi connectivity index (χ0v) is 15.5. The van der Waals surface area contributed by atoms with Crippen LogP contribution in [-0.2, 0) is 6.54 Å². The normalized spacial score (nSPS) is 11.0. The van der Waals surface area contributed by atoms with E-state index in [1.165, 1.54) is 6.07 Å². The van der Waals surface area contributed by atoms with E-state index in [4.69, 9.17) is 27.9 Å². The van der Waals surface area contributed by atoms with Crippen LogP contribution in [0.2, 0.25) is 10.0 Å². The smallest absolute Gasteiger partial charge is 0.254 e. The summed E-state index contributed by atoms with van der Waals surface area (Å²) in [5.41, 5.74) is 0.729. The number of aromatic nitrogens is 1. The Morgan fingerprint density at radius 1 is 1.12 bits per heavy atom. The quantitative estimate of drug-likeness (QED) is 0.662. The van der Waals surface area contributed by atoms with Gasteiger partial charge in [-0.25, -0.2) is 0 Å². The van der Waals surface area contributed by atoms with Gasteiger partial charge in [0.1, 0.15) is 5.75 Å². The summed E-state index contributed by atoms with van der Waals surface area (Å²) in [6, 6.07) is 8.58. The lowest BCUT2D eigenvalue weighted by Gasteiger charge is -2.11. The van der Waals surface area contributed by atoms with Crippen LogP contribution < -0.4 is 10.3 Å². The fourth-order valence-electron chi connectivity index (χ4n) is 2.26. The molecule has 0 unspecified atom stereocenters. The van der Waals surface area contributed by atoms with Crippen LogP contribution in [0.3, 0.4) is 0 Å². The van der Waals surface area contributed by atoms with E-state index in [1.807, 2.05) is 20.2 Å². The maximum Gasteiger partial charge on any atom is 0.254 e. The third kappa shape index (κ3) is 5.86. The Morgan fingerprint density at radius 3 is 2.58 bits per heavy atom. The first-order chi connectivity index (χ1) is 11.5. The summed E-state index contributed by atoms with van der Waals surface area (Å²) in [6.07, 6.45) is 3.75. The van der Waals surface area contributed by atoms with E-state index in [-0.39, 0.29) is 5.56 Å². The number of halogens is 2. The summed E-state index contributed by atoms with van der Waals surface area (Å²) >= 11 is 12.0. The molecule has 0 amide bonds. The molecule has 0 atom stereocenters. The van der Waals surface area contributed by atoms with E-state index in [1.54, 1.807) is 29.0 Å². The van der Waals surface area contributed by atoms with Crippen molar-refractivity contribution in [3.05, 3.63) is 62.5 Å². The number of benzene rings is 1. The molecule has 1 aromatic heterocycles. The predicted molar refractivity (Wildman–Crippen MR) is 99.5 cm³/mol. The Morgan fingerprint density at radius 2 is 1.92 bits per heavy atom. The second kappa shape index (κ2) is 9.11. The van der Waals surface area contributed by atoms with Gasteiger partial charge >= 0.3 is 0 Å². The summed E-state index contributed by atoms with van der Waals surface area (Å²) in [4.78, 5) is 14.3. The van der Waals surface area contributed by atoms with Crippen molar-refractivity contribution in [2.45, 2.75) is 19.4 Å². The van der Waals surface area contributed by atoms with E-state index in [0.717, 1.165) is 24.9 Å². The summed E-state index contributed by atoms with van der Waals surface area (Å²) in [6.45, 7) is 2.05. The average molecular weight is 369 g/mol. The molecule has 6 heteroatoms. The van der Waals surface area contributed by atoms with Crippen molar-refractivity contribution in [1.29, 1.82) is 0 Å². The predicted octanol–water partition coefficient (Wildman–Crippen LogP) is 3.92. The van der Waals surface area contributed by atoms with E-state index in [9.17, 15) is 4.79 Å². The van der Waals surface area contributed by atoms with Crippen molar-refractivity contribution >= 4 is 23.2 Å². The molecule has 2 rings (SSSR count). The van der Waals surface area contributed by atoms with Gasteiger partial charge in [-0.1, -0.05) is 29.3 Å². The summed E-state index contributed by atoms with van der Waals surface area (Å²) < 4.78 is 7.23. The Bertz CT molecular complexity index is 729. The molecule has 0 radical (unpaired) electrons. The standard InChI is InChI=1S/C18H22Cl2N2O2/c1-21(2)8-3-4-10-24-16-7-9-22(18(23)12-16)13-14-5-6-15(19)11-17(14)20/h5-7,9,11-12H,3-4,8,10,13H2,1-2H3. The lowest BCUT2D eigenvalue weighted by Crippen LogP contribution is -2.19. The van der Waals surface area contributed by atoms with E-state index < -0.39 is 0 Å². The van der Waals surface area contributed by atoms with Crippen LogP contribution in [0.4, 0.5) is 0 Å². The molecule has 0 aliphatic rings. The molecule has 0 saturated heterocycles. The van der Waals surface area contributed by atoms with E-state index >= 15 is 0 Å². The molecule has 0 fully saturated rings. The van der Waals surface area contributed by atoms with E-state index in [2.05, 4.69) is 4.90 Å². The van der Waals surface area contributed by atoms with Crippen LogP contribution in [0.15, 0.2) is 41.3 Å². The molecular formula is C18H22Cl2N2O2. The van der Waals surface area contributed by atoms with Gasteiger partial charge in [-0.3, -0.25) is 4.79 Å².